The number of hydrogen-bond acceptors (Lipinski definition) is 8. The van der Waals surface area contributed by atoms with Crippen molar-refractivity contribution in [3.8, 4) is 5.75 Å². The summed E-state index contributed by atoms with van der Waals surface area (Å²) in [6, 6.07) is 4.36. The number of aromatic nitrogens is 1. The highest BCUT2D eigenvalue weighted by molar-refractivity contribution is 7.46. The van der Waals surface area contributed by atoms with E-state index >= 15 is 0 Å². The number of thiazole rings is 1. The van der Waals surface area contributed by atoms with Crippen molar-refractivity contribution in [3.05, 3.63) is 39.9 Å². The first-order valence-electron chi connectivity index (χ1n) is 15.3. The molecule has 0 aliphatic heterocycles. The van der Waals surface area contributed by atoms with Crippen LogP contribution < -0.4 is 10.1 Å². The lowest BCUT2D eigenvalue weighted by Crippen LogP contribution is -2.44. The van der Waals surface area contributed by atoms with Crippen LogP contribution in [0.4, 0.5) is 5.13 Å². The number of hydrogen-bond donors (Lipinski definition) is 3. The third kappa shape index (κ3) is 7.17. The number of phosphoric ester groups is 1. The summed E-state index contributed by atoms with van der Waals surface area (Å²) in [6.45, 7) is 5.98. The molecule has 12 heteroatoms. The Morgan fingerprint density at radius 1 is 1.30 bits per heavy atom. The van der Waals surface area contributed by atoms with E-state index in [0.717, 1.165) is 73.9 Å². The predicted molar refractivity (Wildman–Crippen MR) is 166 cm³/mol. The van der Waals surface area contributed by atoms with Gasteiger partial charge in [-0.15, -0.1) is 11.3 Å². The zero-order chi connectivity index (χ0) is 30.8. The van der Waals surface area contributed by atoms with Gasteiger partial charge in [0.05, 0.1) is 5.71 Å². The van der Waals surface area contributed by atoms with Gasteiger partial charge < -0.3 is 24.7 Å². The molecule has 0 bridgehead atoms. The summed E-state index contributed by atoms with van der Waals surface area (Å²) in [5.41, 5.74) is 4.75. The number of carbonyl (C=O) groups excluding carboxylic acids is 1. The lowest BCUT2D eigenvalue weighted by Gasteiger charge is -2.50. The SMILES string of the molecule is CCCCc1cc2c(cc1OCOP(=O)(O)O)CCC1C2CC[C@]2(C)/C(=N/OC)C[C@@H](CCC(=O)Nc3ncc(C)s3)C12. The van der Waals surface area contributed by atoms with Crippen LogP contribution in [-0.4, -0.2) is 40.3 Å². The second-order valence-corrected chi connectivity index (χ2v) is 15.0. The van der Waals surface area contributed by atoms with Crippen molar-refractivity contribution in [3.63, 3.8) is 0 Å². The minimum Gasteiger partial charge on any atom is -0.467 e. The van der Waals surface area contributed by atoms with Gasteiger partial charge in [0.25, 0.3) is 0 Å². The Morgan fingerprint density at radius 2 is 2.12 bits per heavy atom. The third-order valence-corrected chi connectivity index (χ3v) is 11.1. The molecule has 10 nitrogen and oxygen atoms in total. The lowest BCUT2D eigenvalue weighted by atomic mass is 9.53. The fraction of sp³-hybridized carbons (Fsp3) is 0.645. The number of nitrogens with zero attached hydrogens (tertiary/aromatic N) is 2. The molecule has 2 saturated carbocycles. The van der Waals surface area contributed by atoms with Crippen molar-refractivity contribution in [1.29, 1.82) is 0 Å². The van der Waals surface area contributed by atoms with Gasteiger partial charge in [0.1, 0.15) is 12.9 Å². The molecule has 1 aromatic heterocycles. The number of anilines is 1. The summed E-state index contributed by atoms with van der Waals surface area (Å²) in [5, 5.41) is 8.16. The number of fused-ring (bicyclic) bond motifs is 5. The average Bonchev–Trinajstić information content (AvgIpc) is 3.49. The number of amides is 1. The largest absolute Gasteiger partial charge is 0.472 e. The van der Waals surface area contributed by atoms with Gasteiger partial charge in [0, 0.05) is 22.9 Å². The molecule has 3 N–H and O–H groups in total. The first-order chi connectivity index (χ1) is 20.5. The van der Waals surface area contributed by atoms with Crippen LogP contribution in [0.1, 0.15) is 92.7 Å². The fourth-order valence-electron chi connectivity index (χ4n) is 8.01. The molecule has 1 heterocycles. The van der Waals surface area contributed by atoms with Gasteiger partial charge >= 0.3 is 7.82 Å². The summed E-state index contributed by atoms with van der Waals surface area (Å²) in [4.78, 5) is 41.8. The molecule has 0 spiro atoms. The molecule has 2 fully saturated rings. The first kappa shape index (κ1) is 32.1. The van der Waals surface area contributed by atoms with E-state index in [1.54, 1.807) is 13.3 Å². The number of benzene rings is 1. The molecule has 3 aliphatic carbocycles. The molecule has 5 atom stereocenters. The van der Waals surface area contributed by atoms with Crippen LogP contribution in [0.15, 0.2) is 23.5 Å². The quantitative estimate of drug-likeness (QED) is 0.133. The first-order valence-corrected chi connectivity index (χ1v) is 17.7. The monoisotopic (exact) mass is 633 g/mol. The van der Waals surface area contributed by atoms with E-state index in [9.17, 15) is 9.36 Å². The molecular weight excluding hydrogens is 589 g/mol. The van der Waals surface area contributed by atoms with E-state index in [4.69, 9.17) is 19.4 Å². The second-order valence-electron chi connectivity index (χ2n) is 12.5. The summed E-state index contributed by atoms with van der Waals surface area (Å²) in [6.07, 6.45) is 10.7. The highest BCUT2D eigenvalue weighted by atomic mass is 32.1. The molecule has 236 valence electrons. The topological polar surface area (TPSA) is 140 Å². The number of carbonyl (C=O) groups is 1. The Labute approximate surface area is 257 Å². The lowest BCUT2D eigenvalue weighted by molar-refractivity contribution is -0.116. The molecular formula is C31H44N3O7PS. The zero-order valence-electron chi connectivity index (χ0n) is 25.5. The highest BCUT2D eigenvalue weighted by Crippen LogP contribution is 2.62. The van der Waals surface area contributed by atoms with Crippen molar-refractivity contribution >= 4 is 35.9 Å². The van der Waals surface area contributed by atoms with E-state index in [0.29, 0.717) is 41.0 Å². The smallest absolute Gasteiger partial charge is 0.467 e. The van der Waals surface area contributed by atoms with Crippen molar-refractivity contribution in [1.82, 2.24) is 4.98 Å². The van der Waals surface area contributed by atoms with Crippen molar-refractivity contribution in [2.45, 2.75) is 90.9 Å². The maximum Gasteiger partial charge on any atom is 0.472 e. The van der Waals surface area contributed by atoms with Gasteiger partial charge in [-0.3, -0.25) is 4.79 Å². The van der Waals surface area contributed by atoms with Gasteiger partial charge in [0.2, 0.25) is 5.91 Å². The van der Waals surface area contributed by atoms with E-state index in [1.165, 1.54) is 22.5 Å². The number of ether oxygens (including phenoxy) is 1. The molecule has 3 aliphatic rings. The Bertz CT molecular complexity index is 1390. The summed E-state index contributed by atoms with van der Waals surface area (Å²) in [7, 11) is -3.00. The molecule has 1 amide bonds. The van der Waals surface area contributed by atoms with Crippen LogP contribution in [0, 0.1) is 30.1 Å². The number of rotatable bonds is 12. The minimum atomic E-state index is -4.61. The van der Waals surface area contributed by atoms with E-state index < -0.39 is 14.6 Å². The van der Waals surface area contributed by atoms with Gasteiger partial charge in [-0.1, -0.05) is 31.5 Å². The van der Waals surface area contributed by atoms with Crippen LogP contribution in [-0.2, 0) is 31.6 Å². The maximum absolute atomic E-state index is 12.9. The molecule has 3 unspecified atom stereocenters. The minimum absolute atomic E-state index is 0.00496. The molecule has 0 saturated heterocycles. The van der Waals surface area contributed by atoms with Crippen molar-refractivity contribution < 1.29 is 33.2 Å². The summed E-state index contributed by atoms with van der Waals surface area (Å²) < 4.78 is 21.6. The predicted octanol–water partition coefficient (Wildman–Crippen LogP) is 6.74. The van der Waals surface area contributed by atoms with Crippen LogP contribution >= 0.6 is 19.2 Å². The van der Waals surface area contributed by atoms with E-state index in [2.05, 4.69) is 46.0 Å². The number of oxime groups is 1. The van der Waals surface area contributed by atoms with Crippen molar-refractivity contribution in [2.24, 2.45) is 28.3 Å². The van der Waals surface area contributed by atoms with Gasteiger partial charge in [0.15, 0.2) is 11.9 Å². The zero-order valence-corrected chi connectivity index (χ0v) is 27.2. The number of aryl methyl sites for hydroxylation is 3. The Morgan fingerprint density at radius 3 is 2.81 bits per heavy atom. The normalized spacial score (nSPS) is 27.3. The Hall–Kier alpha value is -2.30. The van der Waals surface area contributed by atoms with E-state index in [-0.39, 0.29) is 11.3 Å². The summed E-state index contributed by atoms with van der Waals surface area (Å²) in [5.74, 6) is 2.26. The molecule has 0 radical (unpaired) electrons. The number of phosphoric acid groups is 1. The maximum atomic E-state index is 12.9. The Balaban J connectivity index is 1.38. The Kier molecular flexibility index (Phi) is 9.98. The third-order valence-electron chi connectivity index (χ3n) is 9.83. The van der Waals surface area contributed by atoms with Crippen LogP contribution in [0.25, 0.3) is 0 Å². The average molecular weight is 634 g/mol. The molecule has 2 aromatic rings. The van der Waals surface area contributed by atoms with Crippen LogP contribution in [0.2, 0.25) is 0 Å². The van der Waals surface area contributed by atoms with Crippen molar-refractivity contribution in [2.75, 3.05) is 19.2 Å². The highest BCUT2D eigenvalue weighted by Gasteiger charge is 2.57. The molecule has 5 rings (SSSR count). The number of nitrogens with one attached hydrogen (secondary N) is 1. The van der Waals surface area contributed by atoms with Crippen LogP contribution in [0.3, 0.4) is 0 Å². The molecule has 43 heavy (non-hydrogen) atoms. The fourth-order valence-corrected chi connectivity index (χ4v) is 8.88. The van der Waals surface area contributed by atoms with Gasteiger partial charge in [-0.25, -0.2) is 14.1 Å². The number of unbranched alkanes of at least 4 members (excludes halogenated alkanes) is 1. The van der Waals surface area contributed by atoms with E-state index in [1.807, 2.05) is 6.92 Å². The van der Waals surface area contributed by atoms with Gasteiger partial charge in [-0.05, 0) is 105 Å². The standard InChI is InChI=1S/C31H44N3O7PS/c1-5-6-7-21-14-25-20(15-26(21)40-18-41-42(36,37)38)8-10-24-23(25)12-13-31(3)27(34-39-4)16-22(29(24)31)9-11-28(35)33-30-32-17-19(2)43-30/h14-15,17,22-24,29H,5-13,16,18H2,1-4H3,(H,32,33,35)(H2,36,37,38)/b34-27+/t22-,23?,24?,29?,31-/m1/s1. The van der Waals surface area contributed by atoms with Crippen LogP contribution in [0.5, 0.6) is 5.75 Å². The second kappa shape index (κ2) is 13.4. The molecule has 1 aromatic carbocycles. The summed E-state index contributed by atoms with van der Waals surface area (Å²) >= 11 is 1.49. The van der Waals surface area contributed by atoms with Gasteiger partial charge in [-0.2, -0.15) is 0 Å².